The maximum Gasteiger partial charge on any atom is 0.277 e. The standard InChI is InChI=1S/C18H18ClF2IN5O2P/c1-29-14-9(19)3-2-4-10(14)23-11-7-12(25-18(28)8-5-6-8)24-16-13(11)26-17(15(20)21)27(16)30-22/h2-4,7-8,15,17,26,30H,5-6H2,1H3,(H2,23,24,25,28). The lowest BCUT2D eigenvalue weighted by atomic mass is 10.2. The van der Waals surface area contributed by atoms with E-state index >= 15 is 0 Å². The summed E-state index contributed by atoms with van der Waals surface area (Å²) in [5, 5.41) is 9.26. The Balaban J connectivity index is 1.76. The highest BCUT2D eigenvalue weighted by molar-refractivity contribution is 14.2. The Bertz CT molecular complexity index is 982. The molecule has 3 N–H and O–H groups in total. The average Bonchev–Trinajstić information content (AvgIpc) is 3.49. The van der Waals surface area contributed by atoms with Crippen LogP contribution in [0.15, 0.2) is 24.3 Å². The summed E-state index contributed by atoms with van der Waals surface area (Å²) in [5.74, 6) is 0.938. The largest absolute Gasteiger partial charge is 0.493 e. The van der Waals surface area contributed by atoms with Gasteiger partial charge in [0.2, 0.25) is 5.91 Å². The minimum Gasteiger partial charge on any atom is -0.493 e. The van der Waals surface area contributed by atoms with Gasteiger partial charge in [0.15, 0.2) is 17.7 Å². The summed E-state index contributed by atoms with van der Waals surface area (Å²) in [5.41, 5.74) is 1.47. The summed E-state index contributed by atoms with van der Waals surface area (Å²) < 4.78 is 34.1. The molecular weight excluding hydrogens is 550 g/mol. The Hall–Kier alpha value is -1.65. The van der Waals surface area contributed by atoms with Crippen LogP contribution >= 0.6 is 40.0 Å². The van der Waals surface area contributed by atoms with E-state index < -0.39 is 12.6 Å². The summed E-state index contributed by atoms with van der Waals surface area (Å²) in [6, 6.07) is 6.82. The number of para-hydroxylation sites is 1. The summed E-state index contributed by atoms with van der Waals surface area (Å²) in [6.45, 7) is 0. The van der Waals surface area contributed by atoms with Gasteiger partial charge >= 0.3 is 0 Å². The molecule has 1 aromatic carbocycles. The van der Waals surface area contributed by atoms with Crippen LogP contribution in [-0.2, 0) is 4.79 Å². The van der Waals surface area contributed by atoms with Crippen molar-refractivity contribution in [1.29, 1.82) is 0 Å². The molecule has 30 heavy (non-hydrogen) atoms. The quantitative estimate of drug-likeness (QED) is 0.299. The van der Waals surface area contributed by atoms with Gasteiger partial charge < -0.3 is 25.4 Å². The van der Waals surface area contributed by atoms with E-state index in [1.54, 1.807) is 24.3 Å². The van der Waals surface area contributed by atoms with Gasteiger partial charge in [0.1, 0.15) is 11.5 Å². The highest BCUT2D eigenvalue weighted by Gasteiger charge is 2.38. The summed E-state index contributed by atoms with van der Waals surface area (Å²) in [7, 11) is 1.49. The molecule has 4 rings (SSSR count). The fraction of sp³-hybridized carbons (Fsp3) is 0.333. The number of ether oxygens (including phenoxy) is 1. The van der Waals surface area contributed by atoms with Crippen molar-refractivity contribution >= 4 is 74.6 Å². The molecule has 1 aromatic heterocycles. The van der Waals surface area contributed by atoms with E-state index in [4.69, 9.17) is 16.3 Å². The monoisotopic (exact) mass is 567 g/mol. The molecule has 0 saturated heterocycles. The van der Waals surface area contributed by atoms with Crippen LogP contribution in [0.3, 0.4) is 0 Å². The van der Waals surface area contributed by atoms with Gasteiger partial charge in [-0.3, -0.25) is 4.79 Å². The van der Waals surface area contributed by atoms with Crippen molar-refractivity contribution in [2.45, 2.75) is 25.4 Å². The van der Waals surface area contributed by atoms with Gasteiger partial charge in [-0.15, -0.1) is 0 Å². The second-order valence-electron chi connectivity index (χ2n) is 6.84. The van der Waals surface area contributed by atoms with Crippen molar-refractivity contribution in [2.75, 3.05) is 27.7 Å². The molecular formula is C18H18ClF2IN5O2P. The first kappa shape index (κ1) is 21.6. The normalized spacial score (nSPS) is 17.9. The van der Waals surface area contributed by atoms with E-state index in [2.05, 4.69) is 20.9 Å². The summed E-state index contributed by atoms with van der Waals surface area (Å²) in [4.78, 5) is 16.7. The van der Waals surface area contributed by atoms with Crippen molar-refractivity contribution in [1.82, 2.24) is 4.98 Å². The van der Waals surface area contributed by atoms with E-state index in [0.29, 0.717) is 39.5 Å². The molecule has 2 aliphatic rings. The number of benzene rings is 1. The maximum atomic E-state index is 13.6. The minimum atomic E-state index is -2.63. The van der Waals surface area contributed by atoms with E-state index in [1.165, 1.54) is 11.8 Å². The van der Waals surface area contributed by atoms with Crippen LogP contribution in [0.2, 0.25) is 5.02 Å². The lowest BCUT2D eigenvalue weighted by molar-refractivity contribution is -0.117. The van der Waals surface area contributed by atoms with Crippen LogP contribution in [0.25, 0.3) is 0 Å². The number of methoxy groups -OCH3 is 1. The van der Waals surface area contributed by atoms with Crippen LogP contribution in [0.5, 0.6) is 5.75 Å². The number of amides is 1. The molecule has 2 unspecified atom stereocenters. The topological polar surface area (TPSA) is 78.5 Å². The third-order valence-electron chi connectivity index (χ3n) is 4.77. The number of fused-ring (bicyclic) bond motifs is 1. The molecule has 2 atom stereocenters. The number of nitrogens with zero attached hydrogens (tertiary/aromatic N) is 2. The first-order valence-electron chi connectivity index (χ1n) is 9.08. The molecule has 1 saturated carbocycles. The van der Waals surface area contributed by atoms with Crippen molar-refractivity contribution in [3.8, 4) is 5.75 Å². The van der Waals surface area contributed by atoms with Crippen molar-refractivity contribution in [3.05, 3.63) is 29.3 Å². The second-order valence-corrected chi connectivity index (χ2v) is 9.35. The van der Waals surface area contributed by atoms with E-state index in [0.717, 1.165) is 12.8 Å². The Morgan fingerprint density at radius 1 is 1.43 bits per heavy atom. The molecule has 2 aromatic rings. The van der Waals surface area contributed by atoms with Crippen LogP contribution in [-0.4, -0.2) is 30.6 Å². The lowest BCUT2D eigenvalue weighted by Gasteiger charge is -2.22. The van der Waals surface area contributed by atoms with Crippen molar-refractivity contribution in [3.63, 3.8) is 0 Å². The van der Waals surface area contributed by atoms with E-state index in [9.17, 15) is 13.6 Å². The zero-order valence-electron chi connectivity index (χ0n) is 15.7. The van der Waals surface area contributed by atoms with Crippen molar-refractivity contribution in [2.24, 2.45) is 5.92 Å². The fourth-order valence-electron chi connectivity index (χ4n) is 3.16. The molecule has 12 heteroatoms. The second kappa shape index (κ2) is 8.84. The van der Waals surface area contributed by atoms with Crippen LogP contribution in [0, 0.1) is 5.92 Å². The van der Waals surface area contributed by atoms with Gasteiger partial charge in [0.25, 0.3) is 6.43 Å². The van der Waals surface area contributed by atoms with Gasteiger partial charge in [-0.2, -0.15) is 0 Å². The fourth-order valence-corrected chi connectivity index (χ4v) is 5.52. The number of carbonyl (C=O) groups is 1. The van der Waals surface area contributed by atoms with E-state index in [-0.39, 0.29) is 18.2 Å². The SMILES string of the molecule is COc1c(Cl)cccc1Nc1cc(NC(=O)C2CC2)nc2c1NC(C(F)F)N2PI. The van der Waals surface area contributed by atoms with Gasteiger partial charge in [-0.05, 0) is 47.0 Å². The first-order valence-corrected chi connectivity index (χ1v) is 13.5. The van der Waals surface area contributed by atoms with Crippen molar-refractivity contribution < 1.29 is 18.3 Å². The third kappa shape index (κ3) is 4.22. The number of hydrogen-bond acceptors (Lipinski definition) is 6. The molecule has 160 valence electrons. The number of carbonyl (C=O) groups excluding carboxylic acids is 1. The number of pyridine rings is 1. The van der Waals surface area contributed by atoms with Gasteiger partial charge in [0, 0.05) is 18.4 Å². The number of rotatable bonds is 7. The maximum absolute atomic E-state index is 13.6. The lowest BCUT2D eigenvalue weighted by Crippen LogP contribution is -2.35. The summed E-state index contributed by atoms with van der Waals surface area (Å²) in [6.07, 6.45) is -2.12. The number of hydrogen-bond donors (Lipinski definition) is 3. The molecule has 0 spiro atoms. The molecule has 0 radical (unpaired) electrons. The van der Waals surface area contributed by atoms with Gasteiger partial charge in [0.05, 0.1) is 23.5 Å². The summed E-state index contributed by atoms with van der Waals surface area (Å²) >= 11 is 8.25. The molecule has 1 amide bonds. The number of halogens is 4. The highest BCUT2D eigenvalue weighted by Crippen LogP contribution is 2.50. The molecule has 0 bridgehead atoms. The molecule has 1 aliphatic heterocycles. The number of anilines is 5. The number of alkyl halides is 2. The third-order valence-corrected chi connectivity index (χ3v) is 7.30. The molecule has 7 nitrogen and oxygen atoms in total. The highest BCUT2D eigenvalue weighted by atomic mass is 127. The molecule has 1 aliphatic carbocycles. The first-order chi connectivity index (χ1) is 14.4. The number of aromatic nitrogens is 1. The Morgan fingerprint density at radius 2 is 2.20 bits per heavy atom. The van der Waals surface area contributed by atoms with Gasteiger partial charge in [-0.25, -0.2) is 13.8 Å². The van der Waals surface area contributed by atoms with Crippen LogP contribution < -0.4 is 25.4 Å². The molecule has 1 fully saturated rings. The van der Waals surface area contributed by atoms with Crippen LogP contribution in [0.4, 0.5) is 37.5 Å². The predicted octanol–water partition coefficient (Wildman–Crippen LogP) is 5.60. The Kier molecular flexibility index (Phi) is 6.36. The molecule has 2 heterocycles. The zero-order valence-corrected chi connectivity index (χ0v) is 19.6. The minimum absolute atomic E-state index is 0.0148. The van der Waals surface area contributed by atoms with Gasteiger partial charge in [-0.1, -0.05) is 17.7 Å². The predicted molar refractivity (Wildman–Crippen MR) is 125 cm³/mol. The Morgan fingerprint density at radius 3 is 2.83 bits per heavy atom. The van der Waals surface area contributed by atoms with E-state index in [1.807, 2.05) is 22.0 Å². The Labute approximate surface area is 191 Å². The zero-order chi connectivity index (χ0) is 21.4. The smallest absolute Gasteiger partial charge is 0.277 e. The van der Waals surface area contributed by atoms with Crippen LogP contribution in [0.1, 0.15) is 12.8 Å². The number of nitrogens with one attached hydrogen (secondary N) is 3. The average molecular weight is 568 g/mol.